The maximum absolute atomic E-state index is 12.2. The molecule has 2 nitrogen and oxygen atoms in total. The molecule has 0 aliphatic carbocycles. The molecule has 0 aromatic carbocycles. The van der Waals surface area contributed by atoms with Gasteiger partial charge >= 0.3 is 6.18 Å². The van der Waals surface area contributed by atoms with Gasteiger partial charge in [0.05, 0.1) is 0 Å². The number of nitrogens with zero attached hydrogens (tertiary/aromatic N) is 1. The minimum Gasteiger partial charge on any atom is -0.379 e. The van der Waals surface area contributed by atoms with Crippen molar-refractivity contribution in [3.63, 3.8) is 0 Å². The molecule has 5 heteroatoms. The van der Waals surface area contributed by atoms with E-state index in [-0.39, 0.29) is 13.0 Å². The summed E-state index contributed by atoms with van der Waals surface area (Å²) in [5.74, 6) is 0. The second kappa shape index (κ2) is 2.88. The monoisotopic (exact) mass is 183 g/mol. The first-order valence-electron chi connectivity index (χ1n) is 3.90. The third-order valence-electron chi connectivity index (χ3n) is 2.30. The van der Waals surface area contributed by atoms with Gasteiger partial charge in [-0.05, 0) is 13.0 Å². The summed E-state index contributed by atoms with van der Waals surface area (Å²) in [7, 11) is 0. The van der Waals surface area contributed by atoms with Crippen molar-refractivity contribution in [2.24, 2.45) is 0 Å². The van der Waals surface area contributed by atoms with Gasteiger partial charge in [0.15, 0.2) is 5.60 Å². The van der Waals surface area contributed by atoms with E-state index in [1.807, 2.05) is 0 Å². The fourth-order valence-corrected chi connectivity index (χ4v) is 1.37. The average Bonchev–Trinajstić information content (AvgIpc) is 2.31. The Kier molecular flexibility index (Phi) is 2.35. The van der Waals surface area contributed by atoms with Crippen molar-refractivity contribution >= 4 is 0 Å². The zero-order chi connectivity index (χ0) is 9.41. The average molecular weight is 183 g/mol. The molecule has 0 aromatic heterocycles. The van der Waals surface area contributed by atoms with E-state index < -0.39 is 11.8 Å². The van der Waals surface area contributed by atoms with Crippen molar-refractivity contribution in [1.29, 1.82) is 0 Å². The Balaban J connectivity index is 2.64. The summed E-state index contributed by atoms with van der Waals surface area (Å²) in [6.45, 7) is 2.38. The van der Waals surface area contributed by atoms with Crippen LogP contribution in [0.25, 0.3) is 0 Å². The lowest BCUT2D eigenvalue weighted by atomic mass is 10.0. The quantitative estimate of drug-likeness (QED) is 0.655. The van der Waals surface area contributed by atoms with Gasteiger partial charge in [0, 0.05) is 13.1 Å². The maximum atomic E-state index is 12.2. The highest BCUT2D eigenvalue weighted by Crippen LogP contribution is 2.37. The molecule has 1 saturated heterocycles. The Hall–Kier alpha value is -0.290. The van der Waals surface area contributed by atoms with Gasteiger partial charge < -0.3 is 10.0 Å². The van der Waals surface area contributed by atoms with Crippen LogP contribution in [0.3, 0.4) is 0 Å². The molecule has 1 heterocycles. The number of aliphatic hydroxyl groups is 1. The van der Waals surface area contributed by atoms with Crippen molar-refractivity contribution in [2.75, 3.05) is 19.6 Å². The summed E-state index contributed by atoms with van der Waals surface area (Å²) in [5.41, 5.74) is -2.47. The second-order valence-electron chi connectivity index (χ2n) is 3.15. The molecule has 1 atom stereocenters. The molecular weight excluding hydrogens is 171 g/mol. The lowest BCUT2D eigenvalue weighted by Gasteiger charge is -2.25. The van der Waals surface area contributed by atoms with E-state index in [1.165, 1.54) is 0 Å². The standard InChI is InChI=1S/C7H12F3NO/c1-2-11-4-3-6(12,5-11)7(8,9)10/h12H,2-5H2,1H3. The molecule has 12 heavy (non-hydrogen) atoms. The summed E-state index contributed by atoms with van der Waals surface area (Å²) >= 11 is 0. The molecule has 0 spiro atoms. The molecular formula is C7H12F3NO. The number of likely N-dealkylation sites (tertiary alicyclic amines) is 1. The zero-order valence-corrected chi connectivity index (χ0v) is 6.86. The third kappa shape index (κ3) is 1.56. The van der Waals surface area contributed by atoms with Crippen LogP contribution in [-0.4, -0.2) is 41.4 Å². The van der Waals surface area contributed by atoms with E-state index >= 15 is 0 Å². The molecule has 1 fully saturated rings. The predicted octanol–water partition coefficient (Wildman–Crippen LogP) is 1.01. The number of alkyl halides is 3. The highest BCUT2D eigenvalue weighted by Gasteiger charge is 2.56. The highest BCUT2D eigenvalue weighted by atomic mass is 19.4. The first kappa shape index (κ1) is 9.80. The molecule has 1 aliphatic heterocycles. The van der Waals surface area contributed by atoms with Crippen molar-refractivity contribution in [3.05, 3.63) is 0 Å². The first-order valence-corrected chi connectivity index (χ1v) is 3.90. The van der Waals surface area contributed by atoms with Gasteiger partial charge in [-0.25, -0.2) is 0 Å². The van der Waals surface area contributed by atoms with E-state index in [9.17, 15) is 13.2 Å². The Labute approximate surface area is 69.0 Å². The number of likely N-dealkylation sites (N-methyl/N-ethyl adjacent to an activating group) is 1. The molecule has 0 saturated carbocycles. The second-order valence-corrected chi connectivity index (χ2v) is 3.15. The minimum absolute atomic E-state index is 0.204. The normalized spacial score (nSPS) is 32.8. The lowest BCUT2D eigenvalue weighted by Crippen LogP contribution is -2.47. The molecule has 0 bridgehead atoms. The van der Waals surface area contributed by atoms with E-state index in [0.29, 0.717) is 13.1 Å². The minimum atomic E-state index is -4.49. The molecule has 1 rings (SSSR count). The van der Waals surface area contributed by atoms with Crippen molar-refractivity contribution in [1.82, 2.24) is 4.90 Å². The summed E-state index contributed by atoms with van der Waals surface area (Å²) in [6.07, 6.45) is -4.69. The summed E-state index contributed by atoms with van der Waals surface area (Å²) in [5, 5.41) is 9.16. The number of halogens is 3. The number of hydrogen-bond donors (Lipinski definition) is 1. The Morgan fingerprint density at radius 1 is 1.50 bits per heavy atom. The van der Waals surface area contributed by atoms with Crippen LogP contribution in [0, 0.1) is 0 Å². The zero-order valence-electron chi connectivity index (χ0n) is 6.86. The Morgan fingerprint density at radius 2 is 2.08 bits per heavy atom. The molecule has 1 N–H and O–H groups in total. The van der Waals surface area contributed by atoms with Crippen LogP contribution in [0.2, 0.25) is 0 Å². The number of β-amino-alcohol motifs (C(OH)–C–C–N with tert-alkyl or cyclic N) is 1. The number of hydrogen-bond acceptors (Lipinski definition) is 2. The molecule has 0 amide bonds. The van der Waals surface area contributed by atoms with Gasteiger partial charge in [-0.3, -0.25) is 0 Å². The third-order valence-corrected chi connectivity index (χ3v) is 2.30. The van der Waals surface area contributed by atoms with Gasteiger partial charge in [-0.15, -0.1) is 0 Å². The van der Waals surface area contributed by atoms with Gasteiger partial charge in [-0.1, -0.05) is 6.92 Å². The van der Waals surface area contributed by atoms with E-state index in [0.717, 1.165) is 0 Å². The molecule has 0 radical (unpaired) electrons. The van der Waals surface area contributed by atoms with Crippen LogP contribution >= 0.6 is 0 Å². The van der Waals surface area contributed by atoms with Crippen LogP contribution in [0.4, 0.5) is 13.2 Å². The Bertz CT molecular complexity index is 171. The topological polar surface area (TPSA) is 23.5 Å². The molecule has 1 aliphatic rings. The van der Waals surface area contributed by atoms with E-state index in [1.54, 1.807) is 11.8 Å². The fourth-order valence-electron chi connectivity index (χ4n) is 1.37. The Morgan fingerprint density at radius 3 is 2.33 bits per heavy atom. The first-order chi connectivity index (χ1) is 5.39. The highest BCUT2D eigenvalue weighted by molar-refractivity contribution is 4.95. The van der Waals surface area contributed by atoms with Crippen molar-refractivity contribution in [2.45, 2.75) is 25.1 Å². The fraction of sp³-hybridized carbons (Fsp3) is 1.00. The maximum Gasteiger partial charge on any atom is 0.418 e. The molecule has 1 unspecified atom stereocenters. The van der Waals surface area contributed by atoms with Crippen LogP contribution in [0.1, 0.15) is 13.3 Å². The van der Waals surface area contributed by atoms with Crippen LogP contribution in [-0.2, 0) is 0 Å². The van der Waals surface area contributed by atoms with Crippen LogP contribution < -0.4 is 0 Å². The van der Waals surface area contributed by atoms with Gasteiger partial charge in [0.1, 0.15) is 0 Å². The van der Waals surface area contributed by atoms with Crippen molar-refractivity contribution < 1.29 is 18.3 Å². The predicted molar refractivity (Wildman–Crippen MR) is 37.7 cm³/mol. The molecule has 0 aromatic rings. The van der Waals surface area contributed by atoms with E-state index in [2.05, 4.69) is 0 Å². The summed E-state index contributed by atoms with van der Waals surface area (Å²) in [6, 6.07) is 0. The van der Waals surface area contributed by atoms with Crippen LogP contribution in [0.15, 0.2) is 0 Å². The number of rotatable bonds is 1. The summed E-state index contributed by atoms with van der Waals surface area (Å²) in [4.78, 5) is 1.59. The van der Waals surface area contributed by atoms with Gasteiger partial charge in [0.2, 0.25) is 0 Å². The van der Waals surface area contributed by atoms with Gasteiger partial charge in [-0.2, -0.15) is 13.2 Å². The molecule has 72 valence electrons. The van der Waals surface area contributed by atoms with Crippen LogP contribution in [0.5, 0.6) is 0 Å². The SMILES string of the molecule is CCN1CCC(O)(C(F)(F)F)C1. The summed E-state index contributed by atoms with van der Waals surface area (Å²) < 4.78 is 36.5. The van der Waals surface area contributed by atoms with Crippen molar-refractivity contribution in [3.8, 4) is 0 Å². The van der Waals surface area contributed by atoms with Gasteiger partial charge in [0.25, 0.3) is 0 Å². The largest absolute Gasteiger partial charge is 0.418 e. The van der Waals surface area contributed by atoms with E-state index in [4.69, 9.17) is 5.11 Å². The lowest BCUT2D eigenvalue weighted by molar-refractivity contribution is -0.253. The smallest absolute Gasteiger partial charge is 0.379 e.